The fourth-order valence-corrected chi connectivity index (χ4v) is 2.30. The van der Waals surface area contributed by atoms with Crippen molar-refractivity contribution in [2.75, 3.05) is 17.6 Å². The molecule has 1 amide bonds. The Bertz CT molecular complexity index is 373. The molecule has 0 heterocycles. The summed E-state index contributed by atoms with van der Waals surface area (Å²) >= 11 is 7.43. The van der Waals surface area contributed by atoms with Gasteiger partial charge in [0, 0.05) is 16.0 Å². The second-order valence-electron chi connectivity index (χ2n) is 3.76. The van der Waals surface area contributed by atoms with E-state index in [0.29, 0.717) is 22.6 Å². The fraction of sp³-hybridized carbons (Fsp3) is 0.417. The van der Waals surface area contributed by atoms with Crippen molar-refractivity contribution in [3.8, 4) is 0 Å². The molecule has 1 unspecified atom stereocenters. The minimum atomic E-state index is -0.0128. The second-order valence-corrected chi connectivity index (χ2v) is 5.62. The molecule has 17 heavy (non-hydrogen) atoms. The molecule has 0 aromatic heterocycles. The van der Waals surface area contributed by atoms with Gasteiger partial charge in [0.25, 0.3) is 0 Å². The van der Waals surface area contributed by atoms with Gasteiger partial charge in [-0.2, -0.15) is 0 Å². The van der Waals surface area contributed by atoms with E-state index < -0.39 is 0 Å². The third kappa shape index (κ3) is 5.96. The van der Waals surface area contributed by atoms with E-state index in [1.165, 1.54) is 0 Å². The molecule has 94 valence electrons. The van der Waals surface area contributed by atoms with Crippen LogP contribution in [0.5, 0.6) is 0 Å². The molecule has 0 aliphatic rings. The van der Waals surface area contributed by atoms with Crippen LogP contribution in [0.1, 0.15) is 13.3 Å². The minimum absolute atomic E-state index is 0.0128. The summed E-state index contributed by atoms with van der Waals surface area (Å²) in [5.41, 5.74) is 6.18. The van der Waals surface area contributed by atoms with Crippen molar-refractivity contribution in [3.63, 3.8) is 0 Å². The number of amides is 1. The SMILES string of the molecule is CC(CCN)SCC(=O)Nc1cccc(Cl)c1. The molecular formula is C12H17ClN2OS. The summed E-state index contributed by atoms with van der Waals surface area (Å²) in [6, 6.07) is 7.13. The maximum absolute atomic E-state index is 11.6. The summed E-state index contributed by atoms with van der Waals surface area (Å²) in [6.45, 7) is 2.73. The molecule has 1 atom stereocenters. The quantitative estimate of drug-likeness (QED) is 0.837. The van der Waals surface area contributed by atoms with Crippen LogP contribution >= 0.6 is 23.4 Å². The van der Waals surface area contributed by atoms with Crippen molar-refractivity contribution in [1.82, 2.24) is 0 Å². The Morgan fingerprint density at radius 2 is 2.35 bits per heavy atom. The molecule has 0 saturated heterocycles. The Labute approximate surface area is 111 Å². The highest BCUT2D eigenvalue weighted by atomic mass is 35.5. The molecule has 0 bridgehead atoms. The number of benzene rings is 1. The number of halogens is 1. The predicted octanol–water partition coefficient (Wildman–Crippen LogP) is 2.75. The highest BCUT2D eigenvalue weighted by Crippen LogP contribution is 2.17. The summed E-state index contributed by atoms with van der Waals surface area (Å²) in [5, 5.41) is 3.83. The molecule has 1 aromatic carbocycles. The van der Waals surface area contributed by atoms with Crippen molar-refractivity contribution >= 4 is 35.0 Å². The first-order valence-electron chi connectivity index (χ1n) is 5.49. The zero-order valence-corrected chi connectivity index (χ0v) is 11.4. The van der Waals surface area contributed by atoms with Crippen LogP contribution in [0, 0.1) is 0 Å². The maximum atomic E-state index is 11.6. The average molecular weight is 273 g/mol. The van der Waals surface area contributed by atoms with Crippen molar-refractivity contribution < 1.29 is 4.79 Å². The third-order valence-corrected chi connectivity index (χ3v) is 3.65. The minimum Gasteiger partial charge on any atom is -0.330 e. The summed E-state index contributed by atoms with van der Waals surface area (Å²) in [4.78, 5) is 11.6. The van der Waals surface area contributed by atoms with Crippen molar-refractivity contribution in [1.29, 1.82) is 0 Å². The summed E-state index contributed by atoms with van der Waals surface area (Å²) in [6.07, 6.45) is 0.926. The lowest BCUT2D eigenvalue weighted by molar-refractivity contribution is -0.113. The van der Waals surface area contributed by atoms with E-state index in [4.69, 9.17) is 17.3 Å². The van der Waals surface area contributed by atoms with E-state index in [2.05, 4.69) is 12.2 Å². The zero-order valence-electron chi connectivity index (χ0n) is 9.78. The first kappa shape index (κ1) is 14.4. The summed E-state index contributed by atoms with van der Waals surface area (Å²) in [7, 11) is 0. The molecule has 3 nitrogen and oxygen atoms in total. The van der Waals surface area contributed by atoms with Crippen molar-refractivity contribution in [2.45, 2.75) is 18.6 Å². The first-order chi connectivity index (χ1) is 8.11. The van der Waals surface area contributed by atoms with Crippen LogP contribution in [0.25, 0.3) is 0 Å². The van der Waals surface area contributed by atoms with Crippen LogP contribution in [0.3, 0.4) is 0 Å². The van der Waals surface area contributed by atoms with E-state index in [9.17, 15) is 4.79 Å². The standard InChI is InChI=1S/C12H17ClN2OS/c1-9(5-6-14)17-8-12(16)15-11-4-2-3-10(13)7-11/h2-4,7,9H,5-6,8,14H2,1H3,(H,15,16). The molecule has 1 rings (SSSR count). The lowest BCUT2D eigenvalue weighted by Gasteiger charge is -2.10. The van der Waals surface area contributed by atoms with Crippen LogP contribution in [0.2, 0.25) is 5.02 Å². The topological polar surface area (TPSA) is 55.1 Å². The van der Waals surface area contributed by atoms with Crippen LogP contribution in [-0.2, 0) is 4.79 Å². The number of carbonyl (C=O) groups excluding carboxylic acids is 1. The molecule has 0 saturated carbocycles. The van der Waals surface area contributed by atoms with Gasteiger partial charge in [-0.3, -0.25) is 4.79 Å². The molecular weight excluding hydrogens is 256 g/mol. The Hall–Kier alpha value is -0.710. The number of carbonyl (C=O) groups is 1. The Morgan fingerprint density at radius 1 is 1.59 bits per heavy atom. The zero-order chi connectivity index (χ0) is 12.7. The molecule has 0 fully saturated rings. The van der Waals surface area contributed by atoms with Crippen molar-refractivity contribution in [3.05, 3.63) is 29.3 Å². The smallest absolute Gasteiger partial charge is 0.234 e. The lowest BCUT2D eigenvalue weighted by Crippen LogP contribution is -2.16. The monoisotopic (exact) mass is 272 g/mol. The molecule has 1 aromatic rings. The van der Waals surface area contributed by atoms with Gasteiger partial charge in [0.2, 0.25) is 5.91 Å². The van der Waals surface area contributed by atoms with Crippen LogP contribution in [-0.4, -0.2) is 23.5 Å². The Morgan fingerprint density at radius 3 is 3.00 bits per heavy atom. The lowest BCUT2D eigenvalue weighted by atomic mass is 10.3. The molecule has 0 aliphatic carbocycles. The number of nitrogens with one attached hydrogen (secondary N) is 1. The van der Waals surface area contributed by atoms with Gasteiger partial charge in [0.05, 0.1) is 5.75 Å². The molecule has 0 spiro atoms. The summed E-state index contributed by atoms with van der Waals surface area (Å²) < 4.78 is 0. The predicted molar refractivity (Wildman–Crippen MR) is 75.7 cm³/mol. The molecule has 0 radical (unpaired) electrons. The van der Waals surface area contributed by atoms with E-state index in [1.807, 2.05) is 12.1 Å². The molecule has 0 aliphatic heterocycles. The van der Waals surface area contributed by atoms with Gasteiger partial charge in [-0.1, -0.05) is 24.6 Å². The second kappa shape index (κ2) is 7.58. The number of hydrogen-bond donors (Lipinski definition) is 2. The number of nitrogens with two attached hydrogens (primary N) is 1. The number of hydrogen-bond acceptors (Lipinski definition) is 3. The van der Waals surface area contributed by atoms with Gasteiger partial charge < -0.3 is 11.1 Å². The number of anilines is 1. The largest absolute Gasteiger partial charge is 0.330 e. The van der Waals surface area contributed by atoms with Crippen LogP contribution < -0.4 is 11.1 Å². The van der Waals surface area contributed by atoms with E-state index in [0.717, 1.165) is 12.1 Å². The van der Waals surface area contributed by atoms with Gasteiger partial charge in [-0.15, -0.1) is 11.8 Å². The van der Waals surface area contributed by atoms with Gasteiger partial charge in [-0.25, -0.2) is 0 Å². The van der Waals surface area contributed by atoms with Gasteiger partial charge in [-0.05, 0) is 31.2 Å². The van der Waals surface area contributed by atoms with Gasteiger partial charge in [0.15, 0.2) is 0 Å². The highest BCUT2D eigenvalue weighted by molar-refractivity contribution is 8.00. The molecule has 3 N–H and O–H groups in total. The van der Waals surface area contributed by atoms with Crippen LogP contribution in [0.4, 0.5) is 5.69 Å². The van der Waals surface area contributed by atoms with Gasteiger partial charge >= 0.3 is 0 Å². The van der Waals surface area contributed by atoms with Crippen molar-refractivity contribution in [2.24, 2.45) is 5.73 Å². The maximum Gasteiger partial charge on any atom is 0.234 e. The Balaban J connectivity index is 2.34. The average Bonchev–Trinajstić information content (AvgIpc) is 2.27. The van der Waals surface area contributed by atoms with E-state index in [1.54, 1.807) is 23.9 Å². The number of thioether (sulfide) groups is 1. The third-order valence-electron chi connectivity index (χ3n) is 2.18. The molecule has 5 heteroatoms. The van der Waals surface area contributed by atoms with Gasteiger partial charge in [0.1, 0.15) is 0 Å². The first-order valence-corrected chi connectivity index (χ1v) is 6.91. The van der Waals surface area contributed by atoms with E-state index in [-0.39, 0.29) is 5.91 Å². The highest BCUT2D eigenvalue weighted by Gasteiger charge is 2.07. The Kier molecular flexibility index (Phi) is 6.40. The van der Waals surface area contributed by atoms with Crippen LogP contribution in [0.15, 0.2) is 24.3 Å². The fourth-order valence-electron chi connectivity index (χ4n) is 1.30. The number of rotatable bonds is 6. The summed E-state index contributed by atoms with van der Waals surface area (Å²) in [5.74, 6) is 0.425. The van der Waals surface area contributed by atoms with E-state index >= 15 is 0 Å². The normalized spacial score (nSPS) is 12.2.